The largest absolute Gasteiger partial charge is 0.370 e. The quantitative estimate of drug-likeness (QED) is 0.895. The molecule has 19 heavy (non-hydrogen) atoms. The van der Waals surface area contributed by atoms with E-state index in [-0.39, 0.29) is 0 Å². The van der Waals surface area contributed by atoms with Crippen LogP contribution in [0.3, 0.4) is 0 Å². The lowest BCUT2D eigenvalue weighted by Crippen LogP contribution is -2.19. The molecule has 3 nitrogen and oxygen atoms in total. The molecule has 2 heterocycles. The molecule has 5 heteroatoms. The van der Waals surface area contributed by atoms with Crippen LogP contribution >= 0.6 is 23.5 Å². The van der Waals surface area contributed by atoms with Crippen LogP contribution in [0.15, 0.2) is 6.07 Å². The summed E-state index contributed by atoms with van der Waals surface area (Å²) in [5, 5.41) is 4.37. The highest BCUT2D eigenvalue weighted by Gasteiger charge is 2.27. The highest BCUT2D eigenvalue weighted by Crippen LogP contribution is 2.41. The first-order valence-corrected chi connectivity index (χ1v) is 9.19. The van der Waals surface area contributed by atoms with Crippen molar-refractivity contribution in [2.24, 2.45) is 0 Å². The van der Waals surface area contributed by atoms with Crippen LogP contribution < -0.4 is 5.32 Å². The van der Waals surface area contributed by atoms with Gasteiger partial charge in [0.25, 0.3) is 0 Å². The molecule has 1 fully saturated rings. The van der Waals surface area contributed by atoms with Crippen molar-refractivity contribution in [3.05, 3.63) is 17.6 Å². The maximum atomic E-state index is 4.79. The summed E-state index contributed by atoms with van der Waals surface area (Å²) in [7, 11) is 0. The van der Waals surface area contributed by atoms with E-state index in [1.54, 1.807) is 0 Å². The van der Waals surface area contributed by atoms with Gasteiger partial charge in [-0.1, -0.05) is 20.3 Å². The average Bonchev–Trinajstić information content (AvgIpc) is 2.40. The normalized spacial score (nSPS) is 23.3. The lowest BCUT2D eigenvalue weighted by molar-refractivity contribution is 0.787. The van der Waals surface area contributed by atoms with E-state index in [1.165, 1.54) is 17.2 Å². The van der Waals surface area contributed by atoms with Gasteiger partial charge in [0.1, 0.15) is 11.6 Å². The SMILES string of the molecule is CCCc1cc(NCC)nc(C2SCCSC2C)n1. The van der Waals surface area contributed by atoms with E-state index in [4.69, 9.17) is 9.97 Å². The fourth-order valence-corrected chi connectivity index (χ4v) is 4.91. The van der Waals surface area contributed by atoms with Gasteiger partial charge in [0.15, 0.2) is 0 Å². The molecule has 0 aliphatic carbocycles. The summed E-state index contributed by atoms with van der Waals surface area (Å²) in [6.07, 6.45) is 2.16. The standard InChI is InChI=1S/C14H23N3S2/c1-4-6-11-9-12(15-5-2)17-14(16-11)13-10(3)18-7-8-19-13/h9-10,13H,4-8H2,1-3H3,(H,15,16,17). The molecule has 1 aromatic rings. The van der Waals surface area contributed by atoms with Crippen molar-refractivity contribution in [2.45, 2.75) is 44.1 Å². The summed E-state index contributed by atoms with van der Waals surface area (Å²) >= 11 is 4.04. The Hall–Kier alpha value is -0.420. The zero-order chi connectivity index (χ0) is 13.7. The van der Waals surface area contributed by atoms with Crippen molar-refractivity contribution in [3.8, 4) is 0 Å². The Labute approximate surface area is 124 Å². The second kappa shape index (κ2) is 7.39. The third kappa shape index (κ3) is 4.02. The summed E-state index contributed by atoms with van der Waals surface area (Å²) in [6.45, 7) is 7.51. The first-order valence-electron chi connectivity index (χ1n) is 7.09. The highest BCUT2D eigenvalue weighted by molar-refractivity contribution is 8.06. The van der Waals surface area contributed by atoms with E-state index in [2.05, 4.69) is 32.2 Å². The van der Waals surface area contributed by atoms with Gasteiger partial charge in [-0.2, -0.15) is 11.8 Å². The van der Waals surface area contributed by atoms with Crippen molar-refractivity contribution in [1.82, 2.24) is 9.97 Å². The monoisotopic (exact) mass is 297 g/mol. The smallest absolute Gasteiger partial charge is 0.145 e. The van der Waals surface area contributed by atoms with Gasteiger partial charge in [0.05, 0.1) is 5.25 Å². The number of aryl methyl sites for hydroxylation is 1. The van der Waals surface area contributed by atoms with Crippen LogP contribution in [0.5, 0.6) is 0 Å². The number of thioether (sulfide) groups is 2. The maximum Gasteiger partial charge on any atom is 0.145 e. The Balaban J connectivity index is 2.26. The molecule has 2 atom stereocenters. The zero-order valence-electron chi connectivity index (χ0n) is 12.0. The summed E-state index contributed by atoms with van der Waals surface area (Å²) in [5.74, 6) is 4.46. The molecule has 1 aromatic heterocycles. The van der Waals surface area contributed by atoms with E-state index in [9.17, 15) is 0 Å². The summed E-state index contributed by atoms with van der Waals surface area (Å²) in [5.41, 5.74) is 1.17. The fraction of sp³-hybridized carbons (Fsp3) is 0.714. The molecule has 0 spiro atoms. The second-order valence-electron chi connectivity index (χ2n) is 4.75. The van der Waals surface area contributed by atoms with Crippen molar-refractivity contribution in [3.63, 3.8) is 0 Å². The molecule has 1 N–H and O–H groups in total. The minimum Gasteiger partial charge on any atom is -0.370 e. The zero-order valence-corrected chi connectivity index (χ0v) is 13.6. The molecule has 0 saturated carbocycles. The molecule has 0 bridgehead atoms. The van der Waals surface area contributed by atoms with E-state index in [1.807, 2.05) is 23.5 Å². The predicted molar refractivity (Wildman–Crippen MR) is 87.3 cm³/mol. The molecular formula is C14H23N3S2. The lowest BCUT2D eigenvalue weighted by atomic mass is 10.2. The van der Waals surface area contributed by atoms with Gasteiger partial charge in [0.2, 0.25) is 0 Å². The van der Waals surface area contributed by atoms with Crippen LogP contribution in [0.4, 0.5) is 5.82 Å². The molecule has 1 aliphatic heterocycles. The average molecular weight is 297 g/mol. The molecule has 2 rings (SSSR count). The van der Waals surface area contributed by atoms with E-state index >= 15 is 0 Å². The lowest BCUT2D eigenvalue weighted by Gasteiger charge is -2.27. The van der Waals surface area contributed by atoms with Crippen molar-refractivity contribution >= 4 is 29.3 Å². The summed E-state index contributed by atoms with van der Waals surface area (Å²) < 4.78 is 0. The van der Waals surface area contributed by atoms with E-state index in [0.717, 1.165) is 31.0 Å². The first-order chi connectivity index (χ1) is 9.24. The Kier molecular flexibility index (Phi) is 5.82. The molecule has 0 aromatic carbocycles. The molecule has 2 unspecified atom stereocenters. The van der Waals surface area contributed by atoms with E-state index < -0.39 is 0 Å². The molecule has 106 valence electrons. The molecule has 1 aliphatic rings. The van der Waals surface area contributed by atoms with Gasteiger partial charge >= 0.3 is 0 Å². The number of rotatable bonds is 5. The predicted octanol–water partition coefficient (Wildman–Crippen LogP) is 3.77. The molecule has 0 amide bonds. The van der Waals surface area contributed by atoms with Gasteiger partial charge in [0, 0.05) is 35.1 Å². The highest BCUT2D eigenvalue weighted by atomic mass is 32.2. The first kappa shape index (κ1) is 15.0. The Bertz CT molecular complexity index is 387. The molecule has 1 saturated heterocycles. The van der Waals surface area contributed by atoms with Gasteiger partial charge in [-0.05, 0) is 13.3 Å². The minimum atomic E-state index is 0.438. The molecular weight excluding hydrogens is 274 g/mol. The van der Waals surface area contributed by atoms with Crippen LogP contribution in [0.2, 0.25) is 0 Å². The number of hydrogen-bond donors (Lipinski definition) is 1. The second-order valence-corrected chi connectivity index (χ2v) is 7.48. The fourth-order valence-electron chi connectivity index (χ4n) is 2.22. The van der Waals surface area contributed by atoms with Gasteiger partial charge < -0.3 is 5.32 Å². The minimum absolute atomic E-state index is 0.438. The Morgan fingerprint density at radius 1 is 1.26 bits per heavy atom. The number of nitrogens with zero attached hydrogens (tertiary/aromatic N) is 2. The van der Waals surface area contributed by atoms with Gasteiger partial charge in [-0.25, -0.2) is 9.97 Å². The van der Waals surface area contributed by atoms with Crippen molar-refractivity contribution < 1.29 is 0 Å². The third-order valence-corrected chi connectivity index (χ3v) is 6.19. The maximum absolute atomic E-state index is 4.79. The van der Waals surface area contributed by atoms with Gasteiger partial charge in [-0.15, -0.1) is 11.8 Å². The van der Waals surface area contributed by atoms with Crippen LogP contribution in [0.25, 0.3) is 0 Å². The van der Waals surface area contributed by atoms with Crippen LogP contribution in [0, 0.1) is 0 Å². The van der Waals surface area contributed by atoms with Crippen LogP contribution in [0.1, 0.15) is 44.0 Å². The van der Waals surface area contributed by atoms with Crippen LogP contribution in [-0.2, 0) is 6.42 Å². The van der Waals surface area contributed by atoms with Gasteiger partial charge in [-0.3, -0.25) is 0 Å². The molecule has 0 radical (unpaired) electrons. The number of aromatic nitrogens is 2. The Morgan fingerprint density at radius 3 is 2.74 bits per heavy atom. The van der Waals surface area contributed by atoms with E-state index in [0.29, 0.717) is 10.5 Å². The number of hydrogen-bond acceptors (Lipinski definition) is 5. The Morgan fingerprint density at radius 2 is 2.05 bits per heavy atom. The third-order valence-electron chi connectivity index (χ3n) is 3.10. The number of nitrogens with one attached hydrogen (secondary N) is 1. The topological polar surface area (TPSA) is 37.8 Å². The van der Waals surface area contributed by atoms with Crippen molar-refractivity contribution in [1.29, 1.82) is 0 Å². The van der Waals surface area contributed by atoms with Crippen LogP contribution in [-0.4, -0.2) is 33.3 Å². The summed E-state index contributed by atoms with van der Waals surface area (Å²) in [4.78, 5) is 9.52. The van der Waals surface area contributed by atoms with Crippen molar-refractivity contribution in [2.75, 3.05) is 23.4 Å². The summed E-state index contributed by atoms with van der Waals surface area (Å²) in [6, 6.07) is 2.10. The number of anilines is 1.